The molecule has 0 aromatic carbocycles. The number of hydrogen-bond donors (Lipinski definition) is 1. The van der Waals surface area contributed by atoms with E-state index in [1.807, 2.05) is 0 Å². The van der Waals surface area contributed by atoms with Crippen molar-refractivity contribution in [2.75, 3.05) is 0 Å². The molecule has 1 aromatic rings. The van der Waals surface area contributed by atoms with E-state index < -0.39 is 0 Å². The van der Waals surface area contributed by atoms with Crippen LogP contribution in [0.4, 0.5) is 0 Å². The van der Waals surface area contributed by atoms with Gasteiger partial charge < -0.3 is 10.2 Å². The van der Waals surface area contributed by atoms with Crippen LogP contribution in [0.15, 0.2) is 28.7 Å². The number of ketones is 1. The van der Waals surface area contributed by atoms with Crippen molar-refractivity contribution in [2.45, 2.75) is 13.5 Å². The first-order valence-corrected chi connectivity index (χ1v) is 3.64. The van der Waals surface area contributed by atoms with Gasteiger partial charge in [-0.1, -0.05) is 6.58 Å². The standard InChI is InChI=1S/C9H11NO2/c1-6(2)9(11)8-4-3-7(5-10)12-8/h3-4H,1,5,10H2,2H3. The van der Waals surface area contributed by atoms with Gasteiger partial charge in [0.1, 0.15) is 5.76 Å². The van der Waals surface area contributed by atoms with Crippen LogP contribution in [0.5, 0.6) is 0 Å². The van der Waals surface area contributed by atoms with Gasteiger partial charge in [0, 0.05) is 0 Å². The monoisotopic (exact) mass is 165 g/mol. The molecule has 64 valence electrons. The lowest BCUT2D eigenvalue weighted by Gasteiger charge is -1.93. The maximum Gasteiger partial charge on any atom is 0.223 e. The summed E-state index contributed by atoms with van der Waals surface area (Å²) in [6.45, 7) is 5.48. The molecule has 0 fully saturated rings. The molecule has 0 saturated heterocycles. The minimum absolute atomic E-state index is 0.172. The largest absolute Gasteiger partial charge is 0.456 e. The smallest absolute Gasteiger partial charge is 0.223 e. The summed E-state index contributed by atoms with van der Waals surface area (Å²) in [7, 11) is 0. The molecule has 1 aromatic heterocycles. The van der Waals surface area contributed by atoms with Gasteiger partial charge in [-0.05, 0) is 24.6 Å². The summed E-state index contributed by atoms with van der Waals surface area (Å²) >= 11 is 0. The van der Waals surface area contributed by atoms with E-state index in [0.29, 0.717) is 23.6 Å². The van der Waals surface area contributed by atoms with E-state index in [1.165, 1.54) is 0 Å². The van der Waals surface area contributed by atoms with Crippen LogP contribution in [0.25, 0.3) is 0 Å². The summed E-state index contributed by atoms with van der Waals surface area (Å²) in [6, 6.07) is 3.30. The third-order valence-corrected chi connectivity index (χ3v) is 1.47. The van der Waals surface area contributed by atoms with E-state index >= 15 is 0 Å². The first kappa shape index (κ1) is 8.74. The van der Waals surface area contributed by atoms with E-state index in [9.17, 15) is 4.79 Å². The Morgan fingerprint density at radius 3 is 2.75 bits per heavy atom. The third-order valence-electron chi connectivity index (χ3n) is 1.47. The number of carbonyl (C=O) groups is 1. The van der Waals surface area contributed by atoms with Gasteiger partial charge in [-0.15, -0.1) is 0 Å². The van der Waals surface area contributed by atoms with Gasteiger partial charge in [-0.3, -0.25) is 4.79 Å². The number of carbonyl (C=O) groups excluding carboxylic acids is 1. The summed E-state index contributed by atoms with van der Waals surface area (Å²) in [5.41, 5.74) is 5.78. The van der Waals surface area contributed by atoms with Crippen molar-refractivity contribution in [2.24, 2.45) is 5.73 Å². The summed E-state index contributed by atoms with van der Waals surface area (Å²) in [6.07, 6.45) is 0. The average Bonchev–Trinajstić information content (AvgIpc) is 2.50. The Bertz CT molecular complexity index is 312. The zero-order chi connectivity index (χ0) is 9.14. The highest BCUT2D eigenvalue weighted by Gasteiger charge is 2.10. The maximum absolute atomic E-state index is 11.2. The van der Waals surface area contributed by atoms with Crippen LogP contribution in [0.3, 0.4) is 0 Å². The van der Waals surface area contributed by atoms with Gasteiger partial charge >= 0.3 is 0 Å². The summed E-state index contributed by atoms with van der Waals surface area (Å²) < 4.78 is 5.12. The van der Waals surface area contributed by atoms with Crippen molar-refractivity contribution < 1.29 is 9.21 Å². The molecule has 0 aliphatic rings. The van der Waals surface area contributed by atoms with Gasteiger partial charge in [-0.2, -0.15) is 0 Å². The second-order valence-electron chi connectivity index (χ2n) is 2.58. The molecule has 0 spiro atoms. The lowest BCUT2D eigenvalue weighted by atomic mass is 10.2. The Balaban J connectivity index is 2.89. The highest BCUT2D eigenvalue weighted by atomic mass is 16.3. The van der Waals surface area contributed by atoms with Crippen LogP contribution < -0.4 is 5.73 Å². The van der Waals surface area contributed by atoms with Gasteiger partial charge in [0.15, 0.2) is 5.76 Å². The predicted molar refractivity (Wildman–Crippen MR) is 45.7 cm³/mol. The Morgan fingerprint density at radius 2 is 2.33 bits per heavy atom. The molecule has 0 bridgehead atoms. The Morgan fingerprint density at radius 1 is 1.67 bits per heavy atom. The molecule has 0 radical (unpaired) electrons. The van der Waals surface area contributed by atoms with Crippen molar-refractivity contribution in [3.63, 3.8) is 0 Å². The first-order chi connectivity index (χ1) is 5.65. The van der Waals surface area contributed by atoms with E-state index in [2.05, 4.69) is 6.58 Å². The Hall–Kier alpha value is -1.35. The fourth-order valence-corrected chi connectivity index (χ4v) is 0.820. The number of rotatable bonds is 3. The molecule has 0 aliphatic heterocycles. The summed E-state index contributed by atoms with van der Waals surface area (Å²) in [5.74, 6) is 0.747. The molecule has 12 heavy (non-hydrogen) atoms. The van der Waals surface area contributed by atoms with Crippen molar-refractivity contribution >= 4 is 5.78 Å². The zero-order valence-corrected chi connectivity index (χ0v) is 6.96. The van der Waals surface area contributed by atoms with Crippen molar-refractivity contribution in [3.05, 3.63) is 35.8 Å². The van der Waals surface area contributed by atoms with Gasteiger partial charge in [0.2, 0.25) is 5.78 Å². The van der Waals surface area contributed by atoms with Crippen LogP contribution in [0.2, 0.25) is 0 Å². The van der Waals surface area contributed by atoms with Crippen LogP contribution in [0.1, 0.15) is 23.2 Å². The lowest BCUT2D eigenvalue weighted by Crippen LogP contribution is -1.97. The number of Topliss-reactive ketones (excluding diaryl/α,β-unsaturated/α-hetero) is 1. The van der Waals surface area contributed by atoms with Gasteiger partial charge in [0.05, 0.1) is 6.54 Å². The molecule has 0 amide bonds. The SMILES string of the molecule is C=C(C)C(=O)c1ccc(CN)o1. The predicted octanol–water partition coefficient (Wildman–Crippen LogP) is 1.50. The summed E-state index contributed by atoms with van der Waals surface area (Å²) in [5, 5.41) is 0. The zero-order valence-electron chi connectivity index (χ0n) is 6.96. The van der Waals surface area contributed by atoms with Crippen LogP contribution in [0, 0.1) is 0 Å². The van der Waals surface area contributed by atoms with Crippen LogP contribution >= 0.6 is 0 Å². The van der Waals surface area contributed by atoms with E-state index in [-0.39, 0.29) is 5.78 Å². The molecule has 3 heteroatoms. The van der Waals surface area contributed by atoms with Crippen molar-refractivity contribution in [1.82, 2.24) is 0 Å². The highest BCUT2D eigenvalue weighted by Crippen LogP contribution is 2.10. The molecule has 1 rings (SSSR count). The molecular weight excluding hydrogens is 154 g/mol. The second kappa shape index (κ2) is 3.36. The van der Waals surface area contributed by atoms with Crippen molar-refractivity contribution in [1.29, 1.82) is 0 Å². The van der Waals surface area contributed by atoms with E-state index in [0.717, 1.165) is 0 Å². The van der Waals surface area contributed by atoms with E-state index in [1.54, 1.807) is 19.1 Å². The molecule has 0 unspecified atom stereocenters. The molecule has 0 aliphatic carbocycles. The van der Waals surface area contributed by atoms with Crippen LogP contribution in [-0.4, -0.2) is 5.78 Å². The number of allylic oxidation sites excluding steroid dienone is 1. The number of hydrogen-bond acceptors (Lipinski definition) is 3. The lowest BCUT2D eigenvalue weighted by molar-refractivity contribution is 0.100. The van der Waals surface area contributed by atoms with E-state index in [4.69, 9.17) is 10.2 Å². The molecule has 0 saturated carbocycles. The van der Waals surface area contributed by atoms with Crippen LogP contribution in [-0.2, 0) is 6.54 Å². The fourth-order valence-electron chi connectivity index (χ4n) is 0.820. The molecule has 0 atom stereocenters. The van der Waals surface area contributed by atoms with Gasteiger partial charge in [0.25, 0.3) is 0 Å². The Labute approximate surface area is 70.9 Å². The quantitative estimate of drug-likeness (QED) is 0.545. The minimum Gasteiger partial charge on any atom is -0.456 e. The summed E-state index contributed by atoms with van der Waals surface area (Å²) in [4.78, 5) is 11.2. The fraction of sp³-hybridized carbons (Fsp3) is 0.222. The molecule has 3 nitrogen and oxygen atoms in total. The number of furan rings is 1. The highest BCUT2D eigenvalue weighted by molar-refractivity contribution is 6.05. The van der Waals surface area contributed by atoms with Crippen molar-refractivity contribution in [3.8, 4) is 0 Å². The molecule has 1 heterocycles. The normalized spacial score (nSPS) is 9.83. The topological polar surface area (TPSA) is 56.2 Å². The maximum atomic E-state index is 11.2. The second-order valence-corrected chi connectivity index (χ2v) is 2.58. The van der Waals surface area contributed by atoms with Gasteiger partial charge in [-0.25, -0.2) is 0 Å². The third kappa shape index (κ3) is 1.62. The molecular formula is C9H11NO2. The number of nitrogens with two attached hydrogens (primary N) is 1. The Kier molecular flexibility index (Phi) is 2.45. The average molecular weight is 165 g/mol. The molecule has 2 N–H and O–H groups in total. The minimum atomic E-state index is -0.172. The first-order valence-electron chi connectivity index (χ1n) is 3.64.